The molecule has 0 bridgehead atoms. The highest BCUT2D eigenvalue weighted by Crippen LogP contribution is 2.28. The van der Waals surface area contributed by atoms with E-state index in [1.54, 1.807) is 6.92 Å². The van der Waals surface area contributed by atoms with Crippen LogP contribution in [0.1, 0.15) is 26.2 Å². The van der Waals surface area contributed by atoms with Crippen molar-refractivity contribution in [1.82, 2.24) is 0 Å². The van der Waals surface area contributed by atoms with Gasteiger partial charge in [-0.1, -0.05) is 6.58 Å². The molecule has 14 heavy (non-hydrogen) atoms. The van der Waals surface area contributed by atoms with E-state index in [9.17, 15) is 4.79 Å². The third-order valence-electron chi connectivity index (χ3n) is 2.63. The zero-order chi connectivity index (χ0) is 10.6. The Bertz CT molecular complexity index is 232. The summed E-state index contributed by atoms with van der Waals surface area (Å²) in [5, 5.41) is -0.371. The minimum absolute atomic E-state index is 0.301. The Morgan fingerprint density at radius 1 is 1.64 bits per heavy atom. The van der Waals surface area contributed by atoms with Gasteiger partial charge in [0.2, 0.25) is 0 Å². The van der Waals surface area contributed by atoms with Gasteiger partial charge in [-0.3, -0.25) is 0 Å². The largest absolute Gasteiger partial charge is 0.463 e. The Morgan fingerprint density at radius 2 is 2.36 bits per heavy atom. The number of carbonyl (C=O) groups excluding carboxylic acids is 1. The normalized spacial score (nSPS) is 27.2. The predicted octanol–water partition coefficient (Wildman–Crippen LogP) is 0.368. The molecule has 1 atom stereocenters. The van der Waals surface area contributed by atoms with Crippen LogP contribution in [0.3, 0.4) is 0 Å². The van der Waals surface area contributed by atoms with Crippen LogP contribution < -0.4 is 0 Å². The fraction of sp³-hybridized carbons (Fsp3) is 0.700. The van der Waals surface area contributed by atoms with Crippen molar-refractivity contribution in [1.29, 1.82) is 0 Å². The van der Waals surface area contributed by atoms with Gasteiger partial charge in [0.15, 0.2) is 0 Å². The lowest BCUT2D eigenvalue weighted by Crippen LogP contribution is -2.41. The van der Waals surface area contributed by atoms with Crippen molar-refractivity contribution in [3.8, 4) is 0 Å². The second kappa shape index (κ2) is 4.75. The monoisotopic (exact) mass is 214 g/mol. The van der Waals surface area contributed by atoms with Gasteiger partial charge in [-0.25, -0.2) is 4.79 Å². The van der Waals surface area contributed by atoms with E-state index in [0.29, 0.717) is 12.2 Å². The summed E-state index contributed by atoms with van der Waals surface area (Å²) in [5.74, 6) is -0.301. The SMILES string of the molecule is C=C(C(=O)OCC)C1([SiH3])CCCCO1. The van der Waals surface area contributed by atoms with Crippen LogP contribution in [0, 0.1) is 0 Å². The second-order valence-corrected chi connectivity index (χ2v) is 5.35. The summed E-state index contributed by atoms with van der Waals surface area (Å²) in [7, 11) is 0.796. The quantitative estimate of drug-likeness (QED) is 0.387. The molecule has 0 spiro atoms. The van der Waals surface area contributed by atoms with Crippen LogP contribution in [-0.4, -0.2) is 34.6 Å². The maximum atomic E-state index is 11.5. The molecule has 1 aliphatic heterocycles. The summed E-state index contributed by atoms with van der Waals surface area (Å²) in [6.45, 7) is 6.74. The molecule has 0 aliphatic carbocycles. The predicted molar refractivity (Wildman–Crippen MR) is 58.2 cm³/mol. The van der Waals surface area contributed by atoms with Crippen LogP contribution in [0.25, 0.3) is 0 Å². The first-order chi connectivity index (χ1) is 6.60. The average molecular weight is 214 g/mol. The molecule has 1 unspecified atom stereocenters. The standard InChI is InChI=1S/C10H18O3Si/c1-3-12-9(11)8(2)10(14)6-4-5-7-13-10/h2-7H2,1,14H3. The molecule has 4 heteroatoms. The van der Waals surface area contributed by atoms with Gasteiger partial charge in [0, 0.05) is 16.8 Å². The van der Waals surface area contributed by atoms with Crippen molar-refractivity contribution in [3.63, 3.8) is 0 Å². The molecular formula is C10H18O3Si. The molecule has 1 heterocycles. The molecule has 0 aromatic rings. The summed E-state index contributed by atoms with van der Waals surface area (Å²) < 4.78 is 10.6. The van der Waals surface area contributed by atoms with Gasteiger partial charge in [0.1, 0.15) is 0 Å². The fourth-order valence-corrected chi connectivity index (χ4v) is 2.37. The first-order valence-electron chi connectivity index (χ1n) is 5.10. The fourth-order valence-electron chi connectivity index (χ4n) is 1.61. The number of ether oxygens (including phenoxy) is 2. The van der Waals surface area contributed by atoms with Crippen LogP contribution >= 0.6 is 0 Å². The van der Waals surface area contributed by atoms with E-state index in [-0.39, 0.29) is 11.2 Å². The zero-order valence-electron chi connectivity index (χ0n) is 8.97. The van der Waals surface area contributed by atoms with E-state index >= 15 is 0 Å². The third kappa shape index (κ3) is 2.45. The molecule has 0 saturated carbocycles. The minimum atomic E-state index is -0.371. The van der Waals surface area contributed by atoms with Gasteiger partial charge < -0.3 is 9.47 Å². The first kappa shape index (κ1) is 11.5. The molecule has 0 radical (unpaired) electrons. The summed E-state index contributed by atoms with van der Waals surface area (Å²) in [6.07, 6.45) is 3.11. The highest BCUT2D eigenvalue weighted by Gasteiger charge is 2.35. The van der Waals surface area contributed by atoms with Crippen LogP contribution in [0.4, 0.5) is 0 Å². The van der Waals surface area contributed by atoms with Crippen molar-refractivity contribution in [3.05, 3.63) is 12.2 Å². The van der Waals surface area contributed by atoms with Gasteiger partial charge in [0.05, 0.1) is 17.4 Å². The minimum Gasteiger partial charge on any atom is -0.463 e. The average Bonchev–Trinajstić information content (AvgIpc) is 2.18. The van der Waals surface area contributed by atoms with E-state index in [1.807, 2.05) is 0 Å². The van der Waals surface area contributed by atoms with E-state index in [2.05, 4.69) is 6.58 Å². The molecule has 1 fully saturated rings. The van der Waals surface area contributed by atoms with Gasteiger partial charge in [-0.15, -0.1) is 0 Å². The van der Waals surface area contributed by atoms with Crippen molar-refractivity contribution in [2.24, 2.45) is 0 Å². The number of rotatable bonds is 3. The Morgan fingerprint density at radius 3 is 2.86 bits per heavy atom. The van der Waals surface area contributed by atoms with Crippen LogP contribution in [0.15, 0.2) is 12.2 Å². The topological polar surface area (TPSA) is 35.5 Å². The van der Waals surface area contributed by atoms with Crippen LogP contribution in [0.2, 0.25) is 0 Å². The summed E-state index contributed by atoms with van der Waals surface area (Å²) in [4.78, 5) is 11.5. The third-order valence-corrected chi connectivity index (χ3v) is 4.02. The number of esters is 1. The van der Waals surface area contributed by atoms with E-state index in [4.69, 9.17) is 9.47 Å². The maximum absolute atomic E-state index is 11.5. The Labute approximate surface area is 87.9 Å². The van der Waals surface area contributed by atoms with Crippen molar-refractivity contribution in [2.45, 2.75) is 31.4 Å². The Balaban J connectivity index is 2.61. The van der Waals surface area contributed by atoms with E-state index in [1.165, 1.54) is 0 Å². The van der Waals surface area contributed by atoms with Gasteiger partial charge in [-0.05, 0) is 26.2 Å². The zero-order valence-corrected chi connectivity index (χ0v) is 11.0. The molecule has 1 saturated heterocycles. The second-order valence-electron chi connectivity index (χ2n) is 3.74. The molecule has 80 valence electrons. The maximum Gasteiger partial charge on any atom is 0.335 e. The molecule has 0 amide bonds. The molecule has 0 aromatic heterocycles. The summed E-state index contributed by atoms with van der Waals surface area (Å²) >= 11 is 0. The Kier molecular flexibility index (Phi) is 3.89. The number of hydrogen-bond donors (Lipinski definition) is 0. The van der Waals surface area contributed by atoms with Gasteiger partial charge >= 0.3 is 5.97 Å². The van der Waals surface area contributed by atoms with Crippen LogP contribution in [-0.2, 0) is 14.3 Å². The van der Waals surface area contributed by atoms with E-state index in [0.717, 1.165) is 36.1 Å². The molecule has 3 nitrogen and oxygen atoms in total. The molecule has 0 N–H and O–H groups in total. The van der Waals surface area contributed by atoms with Crippen molar-refractivity contribution < 1.29 is 14.3 Å². The molecule has 1 aliphatic rings. The van der Waals surface area contributed by atoms with Gasteiger partial charge in [0.25, 0.3) is 0 Å². The lowest BCUT2D eigenvalue weighted by Gasteiger charge is -2.34. The van der Waals surface area contributed by atoms with E-state index < -0.39 is 0 Å². The summed E-state index contributed by atoms with van der Waals surface area (Å²) in [6, 6.07) is 0. The lowest BCUT2D eigenvalue weighted by atomic mass is 10.0. The molecule has 0 aromatic carbocycles. The first-order valence-corrected chi connectivity index (χ1v) is 6.10. The van der Waals surface area contributed by atoms with Crippen molar-refractivity contribution in [2.75, 3.05) is 13.2 Å². The summed E-state index contributed by atoms with van der Waals surface area (Å²) in [5.41, 5.74) is 0.505. The Hall–Kier alpha value is -0.613. The van der Waals surface area contributed by atoms with Gasteiger partial charge in [-0.2, -0.15) is 0 Å². The molecule has 1 rings (SSSR count). The van der Waals surface area contributed by atoms with Crippen LogP contribution in [0.5, 0.6) is 0 Å². The number of carbonyl (C=O) groups is 1. The molecular weight excluding hydrogens is 196 g/mol. The highest BCUT2D eigenvalue weighted by molar-refractivity contribution is 6.20. The highest BCUT2D eigenvalue weighted by atomic mass is 28.1. The van der Waals surface area contributed by atoms with Crippen molar-refractivity contribution >= 4 is 16.2 Å². The lowest BCUT2D eigenvalue weighted by molar-refractivity contribution is -0.141. The smallest absolute Gasteiger partial charge is 0.335 e. The number of hydrogen-bond acceptors (Lipinski definition) is 3.